The molecular formula is C20H24FN3O. The highest BCUT2D eigenvalue weighted by Gasteiger charge is 2.52. The normalized spacial score (nSPS) is 21.5. The van der Waals surface area contributed by atoms with E-state index in [1.807, 2.05) is 34.0 Å². The molecule has 1 unspecified atom stereocenters. The van der Waals surface area contributed by atoms with Crippen LogP contribution >= 0.6 is 0 Å². The summed E-state index contributed by atoms with van der Waals surface area (Å²) in [5.41, 5.74) is 1.47. The van der Waals surface area contributed by atoms with Gasteiger partial charge in [0, 0.05) is 25.5 Å². The molecule has 0 spiro atoms. The van der Waals surface area contributed by atoms with Crippen molar-refractivity contribution in [1.82, 2.24) is 14.7 Å². The standard InChI is InChI=1S/C20H24FN3O/c1-15-3-4-16(12-18(15)21)11-17-5-10-23(13-17)19(25)20(6-7-20)14-24-9-2-8-22-24/h2-4,8-9,12,17H,5-7,10-11,13-14H2,1H3. The highest BCUT2D eigenvalue weighted by atomic mass is 19.1. The summed E-state index contributed by atoms with van der Waals surface area (Å²) in [4.78, 5) is 15.0. The molecule has 132 valence electrons. The van der Waals surface area contributed by atoms with E-state index in [4.69, 9.17) is 0 Å². The Morgan fingerprint density at radius 1 is 1.40 bits per heavy atom. The van der Waals surface area contributed by atoms with Crippen LogP contribution in [0.15, 0.2) is 36.7 Å². The fourth-order valence-electron chi connectivity index (χ4n) is 3.91. The lowest BCUT2D eigenvalue weighted by atomic mass is 9.98. The van der Waals surface area contributed by atoms with Crippen LogP contribution in [0.2, 0.25) is 0 Å². The van der Waals surface area contributed by atoms with Crippen molar-refractivity contribution < 1.29 is 9.18 Å². The Kier molecular flexibility index (Phi) is 4.10. The van der Waals surface area contributed by atoms with Crippen LogP contribution < -0.4 is 0 Å². The lowest BCUT2D eigenvalue weighted by Gasteiger charge is -2.23. The second kappa shape index (κ2) is 6.28. The van der Waals surface area contributed by atoms with Gasteiger partial charge in [-0.25, -0.2) is 4.39 Å². The van der Waals surface area contributed by atoms with Gasteiger partial charge < -0.3 is 4.90 Å². The zero-order valence-corrected chi connectivity index (χ0v) is 14.6. The van der Waals surface area contributed by atoms with Crippen LogP contribution in [0.1, 0.15) is 30.4 Å². The number of aryl methyl sites for hydroxylation is 1. The molecule has 1 saturated heterocycles. The van der Waals surface area contributed by atoms with Crippen molar-refractivity contribution in [1.29, 1.82) is 0 Å². The fourth-order valence-corrected chi connectivity index (χ4v) is 3.91. The summed E-state index contributed by atoms with van der Waals surface area (Å²) in [5, 5.41) is 4.25. The lowest BCUT2D eigenvalue weighted by Crippen LogP contribution is -2.37. The van der Waals surface area contributed by atoms with Crippen LogP contribution in [-0.2, 0) is 17.8 Å². The molecule has 0 N–H and O–H groups in total. The summed E-state index contributed by atoms with van der Waals surface area (Å²) < 4.78 is 15.6. The largest absolute Gasteiger partial charge is 0.342 e. The second-order valence-electron chi connectivity index (χ2n) is 7.68. The molecule has 2 aliphatic rings. The Bertz CT molecular complexity index is 767. The number of carbonyl (C=O) groups is 1. The zero-order valence-electron chi connectivity index (χ0n) is 14.6. The summed E-state index contributed by atoms with van der Waals surface area (Å²) in [5.74, 6) is 0.562. The van der Waals surface area contributed by atoms with Gasteiger partial charge in [0.2, 0.25) is 5.91 Å². The molecule has 1 aliphatic heterocycles. The van der Waals surface area contributed by atoms with E-state index in [0.717, 1.165) is 44.3 Å². The molecule has 5 heteroatoms. The molecule has 1 aromatic heterocycles. The van der Waals surface area contributed by atoms with Gasteiger partial charge in [0.05, 0.1) is 12.0 Å². The van der Waals surface area contributed by atoms with Crippen molar-refractivity contribution in [2.75, 3.05) is 13.1 Å². The number of hydrogen-bond donors (Lipinski definition) is 0. The van der Waals surface area contributed by atoms with Gasteiger partial charge in [-0.15, -0.1) is 0 Å². The predicted molar refractivity (Wildman–Crippen MR) is 93.4 cm³/mol. The first-order valence-electron chi connectivity index (χ1n) is 9.08. The molecule has 1 aliphatic carbocycles. The summed E-state index contributed by atoms with van der Waals surface area (Å²) in [7, 11) is 0. The predicted octanol–water partition coefficient (Wildman–Crippen LogP) is 3.20. The van der Waals surface area contributed by atoms with Gasteiger partial charge in [-0.1, -0.05) is 12.1 Å². The first-order chi connectivity index (χ1) is 12.1. The quantitative estimate of drug-likeness (QED) is 0.838. The van der Waals surface area contributed by atoms with Crippen LogP contribution in [0.4, 0.5) is 4.39 Å². The molecule has 0 bridgehead atoms. The molecular weight excluding hydrogens is 317 g/mol. The number of nitrogens with zero attached hydrogens (tertiary/aromatic N) is 3. The zero-order chi connectivity index (χ0) is 17.4. The molecule has 2 fully saturated rings. The number of rotatable bonds is 5. The summed E-state index contributed by atoms with van der Waals surface area (Å²) >= 11 is 0. The maximum absolute atomic E-state index is 13.7. The lowest BCUT2D eigenvalue weighted by molar-refractivity contribution is -0.136. The van der Waals surface area contributed by atoms with Crippen molar-refractivity contribution in [3.63, 3.8) is 0 Å². The Hall–Kier alpha value is -2.17. The molecule has 4 nitrogen and oxygen atoms in total. The number of hydrogen-bond acceptors (Lipinski definition) is 2. The Morgan fingerprint density at radius 2 is 2.24 bits per heavy atom. The van der Waals surface area contributed by atoms with Gasteiger partial charge in [0.1, 0.15) is 5.82 Å². The molecule has 0 radical (unpaired) electrons. The van der Waals surface area contributed by atoms with Crippen molar-refractivity contribution in [2.24, 2.45) is 11.3 Å². The van der Waals surface area contributed by atoms with Gasteiger partial charge >= 0.3 is 0 Å². The topological polar surface area (TPSA) is 38.1 Å². The third-order valence-corrected chi connectivity index (χ3v) is 5.66. The SMILES string of the molecule is Cc1ccc(CC2CCN(C(=O)C3(Cn4cccn4)CC3)C2)cc1F. The van der Waals surface area contributed by atoms with Crippen molar-refractivity contribution in [2.45, 2.75) is 39.2 Å². The first-order valence-corrected chi connectivity index (χ1v) is 9.08. The van der Waals surface area contributed by atoms with Crippen molar-refractivity contribution in [3.05, 3.63) is 53.6 Å². The average molecular weight is 341 g/mol. The van der Waals surface area contributed by atoms with Crippen molar-refractivity contribution in [3.8, 4) is 0 Å². The van der Waals surface area contributed by atoms with Gasteiger partial charge in [0.25, 0.3) is 0 Å². The molecule has 1 amide bonds. The highest BCUT2D eigenvalue weighted by Crippen LogP contribution is 2.49. The fraction of sp³-hybridized carbons (Fsp3) is 0.500. The van der Waals surface area contributed by atoms with Gasteiger partial charge in [-0.05, 0) is 61.8 Å². The molecule has 1 aromatic carbocycles. The Labute approximate surface area is 147 Å². The minimum Gasteiger partial charge on any atom is -0.342 e. The third-order valence-electron chi connectivity index (χ3n) is 5.66. The number of carbonyl (C=O) groups excluding carboxylic acids is 1. The molecule has 2 aromatic rings. The Balaban J connectivity index is 1.37. The van der Waals surface area contributed by atoms with Crippen LogP contribution in [0.5, 0.6) is 0 Å². The summed E-state index contributed by atoms with van der Waals surface area (Å²) in [6.45, 7) is 4.07. The van der Waals surface area contributed by atoms with Crippen LogP contribution in [-0.4, -0.2) is 33.7 Å². The second-order valence-corrected chi connectivity index (χ2v) is 7.68. The first kappa shape index (κ1) is 16.3. The Morgan fingerprint density at radius 3 is 2.92 bits per heavy atom. The highest BCUT2D eigenvalue weighted by molar-refractivity contribution is 5.85. The minimum atomic E-state index is -0.239. The van der Waals surface area contributed by atoms with E-state index in [9.17, 15) is 9.18 Å². The van der Waals surface area contributed by atoms with E-state index in [-0.39, 0.29) is 17.1 Å². The number of halogens is 1. The van der Waals surface area contributed by atoms with Crippen LogP contribution in [0.3, 0.4) is 0 Å². The average Bonchev–Trinajstić information content (AvgIpc) is 2.98. The van der Waals surface area contributed by atoms with Gasteiger partial charge in [0.15, 0.2) is 0 Å². The molecule has 4 rings (SSSR count). The molecule has 1 atom stereocenters. The number of amides is 1. The van der Waals surface area contributed by atoms with Crippen LogP contribution in [0.25, 0.3) is 0 Å². The number of aromatic nitrogens is 2. The van der Waals surface area contributed by atoms with E-state index in [2.05, 4.69) is 5.10 Å². The van der Waals surface area contributed by atoms with E-state index in [0.29, 0.717) is 18.0 Å². The molecule has 2 heterocycles. The monoisotopic (exact) mass is 341 g/mol. The minimum absolute atomic E-state index is 0.139. The number of likely N-dealkylation sites (tertiary alicyclic amines) is 1. The maximum Gasteiger partial charge on any atom is 0.230 e. The van der Waals surface area contributed by atoms with Gasteiger partial charge in [-0.2, -0.15) is 5.10 Å². The van der Waals surface area contributed by atoms with E-state index in [1.54, 1.807) is 19.2 Å². The van der Waals surface area contributed by atoms with E-state index in [1.165, 1.54) is 0 Å². The van der Waals surface area contributed by atoms with Gasteiger partial charge in [-0.3, -0.25) is 9.48 Å². The van der Waals surface area contributed by atoms with E-state index >= 15 is 0 Å². The van der Waals surface area contributed by atoms with E-state index < -0.39 is 0 Å². The smallest absolute Gasteiger partial charge is 0.230 e. The maximum atomic E-state index is 13.7. The van der Waals surface area contributed by atoms with Crippen LogP contribution in [0, 0.1) is 24.1 Å². The summed E-state index contributed by atoms with van der Waals surface area (Å²) in [6.07, 6.45) is 7.43. The summed E-state index contributed by atoms with van der Waals surface area (Å²) in [6, 6.07) is 7.38. The third kappa shape index (κ3) is 3.32. The molecule has 25 heavy (non-hydrogen) atoms. The number of benzene rings is 1. The van der Waals surface area contributed by atoms with Crippen molar-refractivity contribution >= 4 is 5.91 Å². The molecule has 1 saturated carbocycles.